The number of amides is 1. The first-order chi connectivity index (χ1) is 16.3. The molecule has 0 bridgehead atoms. The quantitative estimate of drug-likeness (QED) is 0.444. The van der Waals surface area contributed by atoms with Gasteiger partial charge in [0.25, 0.3) is 11.5 Å². The summed E-state index contributed by atoms with van der Waals surface area (Å²) in [6.07, 6.45) is 1.50. The molecule has 1 amide bonds. The lowest BCUT2D eigenvalue weighted by molar-refractivity contribution is -0.120. The molecule has 0 aliphatic heterocycles. The highest BCUT2D eigenvalue weighted by Crippen LogP contribution is 2.21. The highest BCUT2D eigenvalue weighted by Gasteiger charge is 2.25. The van der Waals surface area contributed by atoms with E-state index in [4.69, 9.17) is 10.5 Å². The maximum Gasteiger partial charge on any atom is 0.330 e. The molecule has 0 atom stereocenters. The van der Waals surface area contributed by atoms with Gasteiger partial charge in [-0.2, -0.15) is 0 Å². The topological polar surface area (TPSA) is 127 Å². The smallest absolute Gasteiger partial charge is 0.330 e. The Morgan fingerprint density at radius 1 is 1.06 bits per heavy atom. The zero-order valence-electron chi connectivity index (χ0n) is 19.2. The van der Waals surface area contributed by atoms with Gasteiger partial charge in [-0.3, -0.25) is 28.8 Å². The fourth-order valence-corrected chi connectivity index (χ4v) is 3.44. The minimum Gasteiger partial charge on any atom is -0.484 e. The molecule has 0 aliphatic rings. The van der Waals surface area contributed by atoms with Crippen LogP contribution in [0, 0.1) is 0 Å². The first-order valence-electron chi connectivity index (χ1n) is 11.0. The van der Waals surface area contributed by atoms with Crippen LogP contribution in [0.3, 0.4) is 0 Å². The highest BCUT2D eigenvalue weighted by atomic mass is 16.5. The Labute approximate surface area is 196 Å². The number of aromatic nitrogens is 2. The third-order valence-corrected chi connectivity index (χ3v) is 5.33. The van der Waals surface area contributed by atoms with Crippen molar-refractivity contribution < 1.29 is 14.3 Å². The normalized spacial score (nSPS) is 10.6. The van der Waals surface area contributed by atoms with Crippen molar-refractivity contribution in [3.63, 3.8) is 0 Å². The number of rotatable bonds is 10. The number of nitrogens with zero attached hydrogens (tertiary/aromatic N) is 2. The molecule has 9 nitrogen and oxygen atoms in total. The summed E-state index contributed by atoms with van der Waals surface area (Å²) in [4.78, 5) is 53.3. The molecule has 1 heterocycles. The van der Waals surface area contributed by atoms with Crippen LogP contribution in [0.1, 0.15) is 42.6 Å². The number of carbonyl (C=O) groups is 2. The van der Waals surface area contributed by atoms with E-state index in [0.717, 1.165) is 12.0 Å². The zero-order chi connectivity index (χ0) is 24.7. The van der Waals surface area contributed by atoms with E-state index in [9.17, 15) is 19.2 Å². The fourth-order valence-electron chi connectivity index (χ4n) is 3.44. The number of benzene rings is 2. The van der Waals surface area contributed by atoms with E-state index in [1.54, 1.807) is 24.3 Å². The van der Waals surface area contributed by atoms with Crippen molar-refractivity contribution >= 4 is 23.2 Å². The Morgan fingerprint density at radius 2 is 1.74 bits per heavy atom. The standard InChI is InChI=1S/C25H28N4O5/c1-3-4-14-28-23(26)22(24(32)27-25(28)33)29(15-18-8-6-5-7-9-18)21(31)16-34-20-12-10-19(11-13-20)17(2)30/h5-13H,3-4,14-16,26H2,1-2H3,(H,27,32,33). The number of hydrogen-bond acceptors (Lipinski definition) is 6. The van der Waals surface area contributed by atoms with Gasteiger partial charge in [0.05, 0.1) is 6.54 Å². The van der Waals surface area contributed by atoms with Gasteiger partial charge < -0.3 is 10.5 Å². The molecule has 2 aromatic carbocycles. The molecule has 3 N–H and O–H groups in total. The summed E-state index contributed by atoms with van der Waals surface area (Å²) in [5.41, 5.74) is 6.08. The van der Waals surface area contributed by atoms with Crippen molar-refractivity contribution in [2.75, 3.05) is 17.2 Å². The van der Waals surface area contributed by atoms with Crippen LogP contribution in [0.25, 0.3) is 0 Å². The van der Waals surface area contributed by atoms with Crippen molar-refractivity contribution in [3.8, 4) is 5.75 Å². The minimum absolute atomic E-state index is 0.0611. The van der Waals surface area contributed by atoms with Gasteiger partial charge in [0.2, 0.25) is 0 Å². The number of ether oxygens (including phenoxy) is 1. The molecular formula is C25H28N4O5. The lowest BCUT2D eigenvalue weighted by atomic mass is 10.1. The monoisotopic (exact) mass is 464 g/mol. The third kappa shape index (κ3) is 5.80. The van der Waals surface area contributed by atoms with Crippen molar-refractivity contribution in [2.24, 2.45) is 0 Å². The van der Waals surface area contributed by atoms with Gasteiger partial charge in [0, 0.05) is 12.1 Å². The van der Waals surface area contributed by atoms with Gasteiger partial charge >= 0.3 is 5.69 Å². The van der Waals surface area contributed by atoms with Crippen LogP contribution in [0.2, 0.25) is 0 Å². The van der Waals surface area contributed by atoms with Gasteiger partial charge in [0.15, 0.2) is 18.1 Å². The molecule has 3 rings (SSSR count). The van der Waals surface area contributed by atoms with E-state index >= 15 is 0 Å². The average molecular weight is 465 g/mol. The van der Waals surface area contributed by atoms with E-state index < -0.39 is 17.2 Å². The summed E-state index contributed by atoms with van der Waals surface area (Å²) in [5, 5.41) is 0. The molecule has 0 spiro atoms. The lowest BCUT2D eigenvalue weighted by Gasteiger charge is -2.25. The molecule has 178 valence electrons. The SMILES string of the molecule is CCCCn1c(N)c(N(Cc2ccccc2)C(=O)COc2ccc(C(C)=O)cc2)c(=O)[nH]c1=O. The van der Waals surface area contributed by atoms with Crippen LogP contribution in [-0.2, 0) is 17.9 Å². The largest absolute Gasteiger partial charge is 0.484 e. The average Bonchev–Trinajstić information content (AvgIpc) is 2.82. The molecule has 0 saturated carbocycles. The van der Waals surface area contributed by atoms with E-state index in [2.05, 4.69) is 4.98 Å². The second kappa shape index (κ2) is 11.1. The van der Waals surface area contributed by atoms with Crippen LogP contribution in [-0.4, -0.2) is 27.8 Å². The third-order valence-electron chi connectivity index (χ3n) is 5.33. The number of H-pyrrole nitrogens is 1. The molecule has 0 saturated heterocycles. The first kappa shape index (κ1) is 24.5. The summed E-state index contributed by atoms with van der Waals surface area (Å²) >= 11 is 0. The van der Waals surface area contributed by atoms with Crippen molar-refractivity contribution in [1.29, 1.82) is 0 Å². The van der Waals surface area contributed by atoms with Crippen LogP contribution in [0.4, 0.5) is 11.5 Å². The van der Waals surface area contributed by atoms with E-state index in [0.29, 0.717) is 24.3 Å². The van der Waals surface area contributed by atoms with Crippen LogP contribution >= 0.6 is 0 Å². The Hall–Kier alpha value is -4.14. The molecule has 0 aliphatic carbocycles. The van der Waals surface area contributed by atoms with Crippen LogP contribution in [0.15, 0.2) is 64.2 Å². The number of nitrogen functional groups attached to an aromatic ring is 1. The lowest BCUT2D eigenvalue weighted by Crippen LogP contribution is -2.42. The number of unbranched alkanes of at least 4 members (excludes halogenated alkanes) is 1. The number of aromatic amines is 1. The second-order valence-electron chi connectivity index (χ2n) is 7.83. The fraction of sp³-hybridized carbons (Fsp3) is 0.280. The van der Waals surface area contributed by atoms with Gasteiger partial charge in [-0.05, 0) is 43.2 Å². The molecule has 3 aromatic rings. The predicted octanol–water partition coefficient (Wildman–Crippen LogP) is 2.73. The second-order valence-corrected chi connectivity index (χ2v) is 7.83. The summed E-state index contributed by atoms with van der Waals surface area (Å²) in [7, 11) is 0. The molecule has 0 radical (unpaired) electrons. The number of nitrogens with one attached hydrogen (secondary N) is 1. The molecule has 0 fully saturated rings. The molecule has 34 heavy (non-hydrogen) atoms. The Morgan fingerprint density at radius 3 is 2.35 bits per heavy atom. The van der Waals surface area contributed by atoms with Crippen LogP contribution < -0.4 is 26.6 Å². The van der Waals surface area contributed by atoms with Gasteiger partial charge in [-0.25, -0.2) is 4.79 Å². The van der Waals surface area contributed by atoms with Gasteiger partial charge in [-0.1, -0.05) is 43.7 Å². The molecule has 9 heteroatoms. The van der Waals surface area contributed by atoms with E-state index in [1.165, 1.54) is 16.4 Å². The van der Waals surface area contributed by atoms with E-state index in [1.807, 2.05) is 37.3 Å². The predicted molar refractivity (Wildman–Crippen MR) is 130 cm³/mol. The summed E-state index contributed by atoms with van der Waals surface area (Å²) in [6, 6.07) is 15.5. The maximum absolute atomic E-state index is 13.3. The number of Topliss-reactive ketones (excluding diaryl/α,β-unsaturated/α-hetero) is 1. The van der Waals surface area contributed by atoms with Gasteiger partial charge in [-0.15, -0.1) is 0 Å². The number of nitrogens with two attached hydrogens (primary N) is 1. The molecule has 1 aromatic heterocycles. The minimum atomic E-state index is -0.745. The summed E-state index contributed by atoms with van der Waals surface area (Å²) < 4.78 is 6.89. The Bertz CT molecular complexity index is 1260. The number of anilines is 2. The maximum atomic E-state index is 13.3. The first-order valence-corrected chi connectivity index (χ1v) is 11.0. The van der Waals surface area contributed by atoms with Crippen LogP contribution in [0.5, 0.6) is 5.75 Å². The van der Waals surface area contributed by atoms with Gasteiger partial charge in [0.1, 0.15) is 11.6 Å². The van der Waals surface area contributed by atoms with Crippen molar-refractivity contribution in [1.82, 2.24) is 9.55 Å². The Balaban J connectivity index is 1.94. The highest BCUT2D eigenvalue weighted by molar-refractivity contribution is 5.96. The van der Waals surface area contributed by atoms with E-state index in [-0.39, 0.29) is 30.4 Å². The number of hydrogen-bond donors (Lipinski definition) is 2. The summed E-state index contributed by atoms with van der Waals surface area (Å²) in [6.45, 7) is 3.43. The molecular weight excluding hydrogens is 436 g/mol. The number of carbonyl (C=O) groups excluding carboxylic acids is 2. The molecule has 0 unspecified atom stereocenters. The summed E-state index contributed by atoms with van der Waals surface area (Å²) in [5.74, 6) is -0.271. The van der Waals surface area contributed by atoms with Crippen molar-refractivity contribution in [2.45, 2.75) is 39.8 Å². The number of ketones is 1. The zero-order valence-corrected chi connectivity index (χ0v) is 19.2. The Kier molecular flexibility index (Phi) is 8.02. The van der Waals surface area contributed by atoms with Crippen molar-refractivity contribution in [3.05, 3.63) is 86.6 Å².